The highest BCUT2D eigenvalue weighted by atomic mass is 14.9. The van der Waals surface area contributed by atoms with Crippen LogP contribution >= 0.6 is 0 Å². The highest BCUT2D eigenvalue weighted by Gasteiger charge is 2.30. The molecule has 0 spiro atoms. The Morgan fingerprint density at radius 1 is 1.22 bits per heavy atom. The average molecular weight is 250 g/mol. The van der Waals surface area contributed by atoms with E-state index in [4.69, 9.17) is 5.26 Å². The minimum Gasteiger partial charge on any atom is -0.315 e. The molecule has 18 heavy (non-hydrogen) atoms. The number of nitrogens with one attached hydrogen (secondary N) is 1. The van der Waals surface area contributed by atoms with Crippen molar-refractivity contribution >= 4 is 0 Å². The third-order valence-electron chi connectivity index (χ3n) is 4.63. The van der Waals surface area contributed by atoms with Crippen molar-refractivity contribution in [2.75, 3.05) is 13.1 Å². The van der Waals surface area contributed by atoms with Gasteiger partial charge >= 0.3 is 0 Å². The zero-order valence-corrected chi connectivity index (χ0v) is 12.6. The molecule has 1 fully saturated rings. The largest absolute Gasteiger partial charge is 0.315 e. The van der Waals surface area contributed by atoms with E-state index in [0.29, 0.717) is 11.3 Å². The van der Waals surface area contributed by atoms with Crippen LogP contribution in [0.1, 0.15) is 59.8 Å². The SMILES string of the molecule is CC(C)C(C#N)CNCC(C)(C)C1CCCCC1. The van der Waals surface area contributed by atoms with E-state index in [1.807, 2.05) is 0 Å². The van der Waals surface area contributed by atoms with Gasteiger partial charge in [0.25, 0.3) is 0 Å². The first-order valence-electron chi connectivity index (χ1n) is 7.57. The Morgan fingerprint density at radius 2 is 1.83 bits per heavy atom. The first-order chi connectivity index (χ1) is 8.47. The molecule has 1 aliphatic carbocycles. The maximum atomic E-state index is 9.08. The zero-order chi connectivity index (χ0) is 13.6. The molecule has 0 aromatic heterocycles. The average Bonchev–Trinajstić information content (AvgIpc) is 2.35. The zero-order valence-electron chi connectivity index (χ0n) is 12.6. The lowest BCUT2D eigenvalue weighted by Gasteiger charge is -2.37. The molecule has 1 saturated carbocycles. The number of hydrogen-bond acceptors (Lipinski definition) is 2. The fraction of sp³-hybridized carbons (Fsp3) is 0.938. The lowest BCUT2D eigenvalue weighted by molar-refractivity contribution is 0.152. The van der Waals surface area contributed by atoms with Crippen LogP contribution in [0.3, 0.4) is 0 Å². The second-order valence-electron chi connectivity index (χ2n) is 6.93. The molecule has 0 bridgehead atoms. The van der Waals surface area contributed by atoms with Gasteiger partial charge < -0.3 is 5.32 Å². The summed E-state index contributed by atoms with van der Waals surface area (Å²) in [5.41, 5.74) is 0.372. The van der Waals surface area contributed by atoms with E-state index in [1.165, 1.54) is 32.1 Å². The van der Waals surface area contributed by atoms with E-state index in [1.54, 1.807) is 0 Å². The van der Waals surface area contributed by atoms with Gasteiger partial charge in [-0.3, -0.25) is 0 Å². The van der Waals surface area contributed by atoms with E-state index in [9.17, 15) is 0 Å². The van der Waals surface area contributed by atoms with Crippen LogP contribution in [-0.4, -0.2) is 13.1 Å². The van der Waals surface area contributed by atoms with E-state index in [0.717, 1.165) is 19.0 Å². The maximum absolute atomic E-state index is 9.08. The fourth-order valence-corrected chi connectivity index (χ4v) is 3.01. The summed E-state index contributed by atoms with van der Waals surface area (Å²) in [5.74, 6) is 1.45. The van der Waals surface area contributed by atoms with Gasteiger partial charge in [0.2, 0.25) is 0 Å². The molecule has 2 nitrogen and oxygen atoms in total. The molecule has 104 valence electrons. The minimum atomic E-state index is 0.146. The van der Waals surface area contributed by atoms with Gasteiger partial charge in [0.05, 0.1) is 12.0 Å². The molecule has 1 rings (SSSR count). The summed E-state index contributed by atoms with van der Waals surface area (Å²) >= 11 is 0. The first kappa shape index (κ1) is 15.5. The van der Waals surface area contributed by atoms with Gasteiger partial charge in [-0.1, -0.05) is 47.0 Å². The van der Waals surface area contributed by atoms with Crippen molar-refractivity contribution in [3.8, 4) is 6.07 Å². The molecule has 1 unspecified atom stereocenters. The molecular formula is C16H30N2. The molecule has 0 amide bonds. The van der Waals surface area contributed by atoms with Gasteiger partial charge in [-0.05, 0) is 30.1 Å². The molecule has 0 radical (unpaired) electrons. The monoisotopic (exact) mass is 250 g/mol. The van der Waals surface area contributed by atoms with Crippen LogP contribution in [0.5, 0.6) is 0 Å². The summed E-state index contributed by atoms with van der Waals surface area (Å²) in [7, 11) is 0. The summed E-state index contributed by atoms with van der Waals surface area (Å²) in [6.07, 6.45) is 7.01. The maximum Gasteiger partial charge on any atom is 0.0671 e. The second kappa shape index (κ2) is 7.14. The van der Waals surface area contributed by atoms with E-state index in [2.05, 4.69) is 39.1 Å². The van der Waals surface area contributed by atoms with Gasteiger partial charge in [-0.25, -0.2) is 0 Å². The Morgan fingerprint density at radius 3 is 2.33 bits per heavy atom. The Kier molecular flexibility index (Phi) is 6.15. The Balaban J connectivity index is 2.34. The van der Waals surface area contributed by atoms with Crippen molar-refractivity contribution in [3.05, 3.63) is 0 Å². The summed E-state index contributed by atoms with van der Waals surface area (Å²) in [4.78, 5) is 0. The predicted octanol–water partition coefficient (Wildman–Crippen LogP) is 3.98. The highest BCUT2D eigenvalue weighted by molar-refractivity contribution is 4.88. The van der Waals surface area contributed by atoms with Crippen molar-refractivity contribution in [1.29, 1.82) is 5.26 Å². The number of hydrogen-bond donors (Lipinski definition) is 1. The Labute approximate surface area is 113 Å². The van der Waals surface area contributed by atoms with Crippen LogP contribution in [0.2, 0.25) is 0 Å². The van der Waals surface area contributed by atoms with Crippen LogP contribution in [0.25, 0.3) is 0 Å². The van der Waals surface area contributed by atoms with Crippen molar-refractivity contribution in [2.45, 2.75) is 59.8 Å². The summed E-state index contributed by atoms with van der Waals surface area (Å²) < 4.78 is 0. The molecule has 1 atom stereocenters. The topological polar surface area (TPSA) is 35.8 Å². The molecule has 2 heteroatoms. The predicted molar refractivity (Wildman–Crippen MR) is 77.2 cm³/mol. The standard InChI is InChI=1S/C16H30N2/c1-13(2)14(10-17)11-18-12-16(3,4)15-8-6-5-7-9-15/h13-15,18H,5-9,11-12H2,1-4H3. The fourth-order valence-electron chi connectivity index (χ4n) is 3.01. The van der Waals surface area contributed by atoms with Crippen LogP contribution in [-0.2, 0) is 0 Å². The summed E-state index contributed by atoms with van der Waals surface area (Å²) in [5, 5.41) is 12.6. The Bertz CT molecular complexity index is 269. The van der Waals surface area contributed by atoms with E-state index in [-0.39, 0.29) is 5.92 Å². The van der Waals surface area contributed by atoms with Gasteiger partial charge in [0, 0.05) is 13.1 Å². The third kappa shape index (κ3) is 4.61. The summed E-state index contributed by atoms with van der Waals surface area (Å²) in [6.45, 7) is 10.9. The molecule has 0 heterocycles. The molecule has 0 aromatic carbocycles. The lowest BCUT2D eigenvalue weighted by atomic mass is 9.71. The van der Waals surface area contributed by atoms with Crippen LogP contribution < -0.4 is 5.32 Å². The van der Waals surface area contributed by atoms with Gasteiger partial charge in [-0.2, -0.15) is 5.26 Å². The van der Waals surface area contributed by atoms with E-state index < -0.39 is 0 Å². The van der Waals surface area contributed by atoms with Gasteiger partial charge in [0.1, 0.15) is 0 Å². The smallest absolute Gasteiger partial charge is 0.0671 e. The third-order valence-corrected chi connectivity index (χ3v) is 4.63. The molecular weight excluding hydrogens is 220 g/mol. The van der Waals surface area contributed by atoms with Crippen molar-refractivity contribution < 1.29 is 0 Å². The van der Waals surface area contributed by atoms with Crippen LogP contribution in [0, 0.1) is 34.5 Å². The molecule has 0 aromatic rings. The van der Waals surface area contributed by atoms with Crippen molar-refractivity contribution in [1.82, 2.24) is 5.32 Å². The lowest BCUT2D eigenvalue weighted by Crippen LogP contribution is -2.39. The van der Waals surface area contributed by atoms with E-state index >= 15 is 0 Å². The van der Waals surface area contributed by atoms with Gasteiger partial charge in [0.15, 0.2) is 0 Å². The molecule has 0 aliphatic heterocycles. The van der Waals surface area contributed by atoms with Crippen LogP contribution in [0.15, 0.2) is 0 Å². The van der Waals surface area contributed by atoms with Gasteiger partial charge in [-0.15, -0.1) is 0 Å². The second-order valence-corrected chi connectivity index (χ2v) is 6.93. The van der Waals surface area contributed by atoms with Crippen molar-refractivity contribution in [2.24, 2.45) is 23.2 Å². The van der Waals surface area contributed by atoms with Crippen molar-refractivity contribution in [3.63, 3.8) is 0 Å². The highest BCUT2D eigenvalue weighted by Crippen LogP contribution is 2.37. The number of nitriles is 1. The first-order valence-corrected chi connectivity index (χ1v) is 7.57. The Hall–Kier alpha value is -0.550. The quantitative estimate of drug-likeness (QED) is 0.774. The molecule has 1 aliphatic rings. The normalized spacial score (nSPS) is 19.8. The number of rotatable bonds is 6. The number of nitrogens with zero attached hydrogens (tertiary/aromatic N) is 1. The molecule has 0 saturated heterocycles. The van der Waals surface area contributed by atoms with Crippen LogP contribution in [0.4, 0.5) is 0 Å². The minimum absolute atomic E-state index is 0.146. The summed E-state index contributed by atoms with van der Waals surface area (Å²) in [6, 6.07) is 2.40. The molecule has 1 N–H and O–H groups in total.